The minimum atomic E-state index is -1.26. The number of carbonyl (C=O) groups excluding carboxylic acids is 1. The number of morpholine rings is 1. The molecule has 2 aromatic rings. The zero-order valence-electron chi connectivity index (χ0n) is 12.2. The summed E-state index contributed by atoms with van der Waals surface area (Å²) in [6.45, 7) is 4.81. The number of carbonyl (C=O) groups is 1. The number of anilines is 1. The van der Waals surface area contributed by atoms with Crippen LogP contribution in [0.15, 0.2) is 12.3 Å². The molecule has 0 spiro atoms. The zero-order valence-corrected chi connectivity index (χ0v) is 14.2. The largest absolute Gasteiger partial charge is 1.00 e. The van der Waals surface area contributed by atoms with E-state index in [1.54, 1.807) is 4.52 Å². The Bertz CT molecular complexity index is 652. The number of aromatic carboxylic acids is 1. The minimum Gasteiger partial charge on any atom is -0.545 e. The van der Waals surface area contributed by atoms with Crippen molar-refractivity contribution in [2.45, 2.75) is 13.3 Å². The van der Waals surface area contributed by atoms with Crippen LogP contribution in [0.4, 0.5) is 5.82 Å². The van der Waals surface area contributed by atoms with Gasteiger partial charge < -0.3 is 19.5 Å². The van der Waals surface area contributed by atoms with Crippen molar-refractivity contribution < 1.29 is 44.2 Å². The Labute approximate surface area is 144 Å². The maximum atomic E-state index is 11.1. The molecule has 2 aromatic heterocycles. The van der Waals surface area contributed by atoms with Gasteiger partial charge in [0.25, 0.3) is 0 Å². The van der Waals surface area contributed by atoms with Gasteiger partial charge in [0, 0.05) is 24.8 Å². The molecule has 1 aliphatic rings. The van der Waals surface area contributed by atoms with E-state index in [1.807, 2.05) is 13.0 Å². The van der Waals surface area contributed by atoms with Gasteiger partial charge in [0.1, 0.15) is 5.82 Å². The third-order valence-corrected chi connectivity index (χ3v) is 3.45. The van der Waals surface area contributed by atoms with Crippen LogP contribution < -0.4 is 39.6 Å². The summed E-state index contributed by atoms with van der Waals surface area (Å²) in [7, 11) is 0. The Balaban J connectivity index is 0.00000161. The summed E-state index contributed by atoms with van der Waals surface area (Å²) < 4.78 is 6.89. The Kier molecular flexibility index (Phi) is 5.21. The van der Waals surface area contributed by atoms with E-state index in [-0.39, 0.29) is 35.1 Å². The summed E-state index contributed by atoms with van der Waals surface area (Å²) in [6.07, 6.45) is 2.03. The molecule has 0 aliphatic carbocycles. The second kappa shape index (κ2) is 6.74. The number of nitrogens with zero attached hydrogens (tertiary/aromatic N) is 4. The predicted molar refractivity (Wildman–Crippen MR) is 69.7 cm³/mol. The molecule has 3 heterocycles. The number of fused-ring (bicyclic) bond motifs is 1. The molecule has 0 unspecified atom stereocenters. The zero-order chi connectivity index (χ0) is 14.1. The molecule has 3 rings (SSSR count). The molecule has 1 saturated heterocycles. The van der Waals surface area contributed by atoms with Crippen molar-refractivity contribution >= 4 is 17.4 Å². The molecule has 0 saturated carbocycles. The van der Waals surface area contributed by atoms with Crippen molar-refractivity contribution in [3.8, 4) is 0 Å². The molecule has 7 nitrogen and oxygen atoms in total. The van der Waals surface area contributed by atoms with E-state index in [4.69, 9.17) is 4.74 Å². The molecule has 1 aliphatic heterocycles. The number of hydrogen-bond donors (Lipinski definition) is 0. The first kappa shape index (κ1) is 16.2. The number of rotatable bonds is 3. The van der Waals surface area contributed by atoms with Crippen LogP contribution in [-0.2, 0) is 11.2 Å². The fraction of sp³-hybridized carbons (Fsp3) is 0.462. The molecule has 0 bridgehead atoms. The molecule has 0 atom stereocenters. The average Bonchev–Trinajstić information content (AvgIpc) is 2.91. The van der Waals surface area contributed by atoms with Gasteiger partial charge >= 0.3 is 29.6 Å². The molecule has 0 radical (unpaired) electrons. The topological polar surface area (TPSA) is 82.8 Å². The van der Waals surface area contributed by atoms with Gasteiger partial charge in [-0.2, -0.15) is 5.10 Å². The van der Waals surface area contributed by atoms with Crippen LogP contribution in [-0.4, -0.2) is 46.9 Å². The maximum absolute atomic E-state index is 11.1. The first-order valence-electron chi connectivity index (χ1n) is 6.62. The first-order chi connectivity index (χ1) is 9.70. The van der Waals surface area contributed by atoms with E-state index in [0.29, 0.717) is 18.9 Å². The van der Waals surface area contributed by atoms with Gasteiger partial charge in [0.05, 0.1) is 30.9 Å². The summed E-state index contributed by atoms with van der Waals surface area (Å²) in [5.41, 5.74) is 1.28. The Hall–Kier alpha value is -1.15. The number of carboxylic acids is 1. The fourth-order valence-corrected chi connectivity index (χ4v) is 2.36. The second-order valence-corrected chi connectivity index (χ2v) is 4.64. The Morgan fingerprint density at radius 3 is 2.76 bits per heavy atom. The fourth-order valence-electron chi connectivity index (χ4n) is 2.36. The molecular formula is C13H15N4NaO3. The molecule has 1 fully saturated rings. The number of aromatic nitrogens is 3. The van der Waals surface area contributed by atoms with E-state index in [0.717, 1.165) is 31.0 Å². The Morgan fingerprint density at radius 2 is 2.14 bits per heavy atom. The third kappa shape index (κ3) is 3.06. The molecule has 0 N–H and O–H groups in total. The molecule has 0 amide bonds. The third-order valence-electron chi connectivity index (χ3n) is 3.45. The molecule has 0 aromatic carbocycles. The quantitative estimate of drug-likeness (QED) is 0.547. The standard InChI is InChI=1S/C13H16N4O3.Na/c1-2-9-7-11(16-3-5-20-6-4-16)15-12-10(13(18)19)8-14-17(9)12;/h7-8H,2-6H2,1H3,(H,18,19);/q;+1/p-1. The van der Waals surface area contributed by atoms with Crippen molar-refractivity contribution in [2.24, 2.45) is 0 Å². The van der Waals surface area contributed by atoms with Crippen molar-refractivity contribution in [3.63, 3.8) is 0 Å². The SMILES string of the molecule is CCc1cc(N2CCOCC2)nc2c(C(=O)[O-])cnn12.[Na+]. The van der Waals surface area contributed by atoms with Crippen molar-refractivity contribution in [1.82, 2.24) is 14.6 Å². The summed E-state index contributed by atoms with van der Waals surface area (Å²) in [5.74, 6) is -0.491. The van der Waals surface area contributed by atoms with Gasteiger partial charge in [-0.15, -0.1) is 0 Å². The predicted octanol–water partition coefficient (Wildman–Crippen LogP) is -3.50. The number of ether oxygens (including phenoxy) is 1. The monoisotopic (exact) mass is 298 g/mol. The van der Waals surface area contributed by atoms with Crippen molar-refractivity contribution in [3.05, 3.63) is 23.5 Å². The van der Waals surface area contributed by atoms with Gasteiger partial charge in [-0.05, 0) is 6.42 Å². The summed E-state index contributed by atoms with van der Waals surface area (Å²) in [4.78, 5) is 17.7. The number of aryl methyl sites for hydroxylation is 1. The van der Waals surface area contributed by atoms with Crippen LogP contribution in [0.3, 0.4) is 0 Å². The van der Waals surface area contributed by atoms with E-state index >= 15 is 0 Å². The van der Waals surface area contributed by atoms with E-state index in [1.165, 1.54) is 6.20 Å². The van der Waals surface area contributed by atoms with Crippen LogP contribution in [0.1, 0.15) is 23.0 Å². The van der Waals surface area contributed by atoms with Crippen molar-refractivity contribution in [1.29, 1.82) is 0 Å². The van der Waals surface area contributed by atoms with Gasteiger partial charge in [-0.3, -0.25) is 0 Å². The first-order valence-corrected chi connectivity index (χ1v) is 6.62. The van der Waals surface area contributed by atoms with Gasteiger partial charge in [-0.1, -0.05) is 6.92 Å². The summed E-state index contributed by atoms with van der Waals surface area (Å²) in [5, 5.41) is 15.2. The maximum Gasteiger partial charge on any atom is 1.00 e. The van der Waals surface area contributed by atoms with E-state index in [9.17, 15) is 9.90 Å². The van der Waals surface area contributed by atoms with E-state index < -0.39 is 5.97 Å². The van der Waals surface area contributed by atoms with E-state index in [2.05, 4.69) is 15.0 Å². The van der Waals surface area contributed by atoms with Crippen LogP contribution >= 0.6 is 0 Å². The molecule has 21 heavy (non-hydrogen) atoms. The minimum absolute atomic E-state index is 0. The van der Waals surface area contributed by atoms with Crippen LogP contribution in [0, 0.1) is 0 Å². The number of hydrogen-bond acceptors (Lipinski definition) is 6. The molecule has 8 heteroatoms. The van der Waals surface area contributed by atoms with Gasteiger partial charge in [0.15, 0.2) is 5.65 Å². The van der Waals surface area contributed by atoms with Gasteiger partial charge in [-0.25, -0.2) is 9.50 Å². The number of carboxylic acid groups (broad SMARTS) is 1. The normalized spacial score (nSPS) is 15.0. The molecular weight excluding hydrogens is 283 g/mol. The smallest absolute Gasteiger partial charge is 0.545 e. The average molecular weight is 298 g/mol. The van der Waals surface area contributed by atoms with Crippen LogP contribution in [0.25, 0.3) is 5.65 Å². The van der Waals surface area contributed by atoms with Crippen molar-refractivity contribution in [2.75, 3.05) is 31.2 Å². The van der Waals surface area contributed by atoms with Gasteiger partial charge in [0.2, 0.25) is 0 Å². The second-order valence-electron chi connectivity index (χ2n) is 4.64. The van der Waals surface area contributed by atoms with Crippen LogP contribution in [0.2, 0.25) is 0 Å². The molecule has 106 valence electrons. The van der Waals surface area contributed by atoms with Crippen LogP contribution in [0.5, 0.6) is 0 Å². The summed E-state index contributed by atoms with van der Waals surface area (Å²) >= 11 is 0. The Morgan fingerprint density at radius 1 is 1.43 bits per heavy atom. The summed E-state index contributed by atoms with van der Waals surface area (Å²) in [6, 6.07) is 1.95.